The number of benzene rings is 1. The first kappa shape index (κ1) is 25.7. The molecule has 0 aromatic heterocycles. The number of amides is 1. The van der Waals surface area contributed by atoms with E-state index in [0.717, 1.165) is 76.9 Å². The molecule has 1 aliphatic heterocycles. The number of aliphatic imine (C=N–C) groups is 1. The van der Waals surface area contributed by atoms with Crippen molar-refractivity contribution in [1.29, 1.82) is 0 Å². The van der Waals surface area contributed by atoms with Crippen LogP contribution in [0.25, 0.3) is 0 Å². The van der Waals surface area contributed by atoms with E-state index in [-0.39, 0.29) is 24.0 Å². The maximum Gasteiger partial charge on any atom is 0.225 e. The first-order chi connectivity index (χ1) is 14.6. The first-order valence-electron chi connectivity index (χ1n) is 11.2. The maximum atomic E-state index is 12.4. The molecule has 1 heterocycles. The number of rotatable bonds is 8. The van der Waals surface area contributed by atoms with Gasteiger partial charge in [0.15, 0.2) is 5.96 Å². The molecule has 0 bridgehead atoms. The van der Waals surface area contributed by atoms with Gasteiger partial charge in [0, 0.05) is 58.8 Å². The molecule has 0 atom stereocenters. The zero-order valence-electron chi connectivity index (χ0n) is 19.2. The van der Waals surface area contributed by atoms with E-state index in [1.807, 2.05) is 12.1 Å². The lowest BCUT2D eigenvalue weighted by Crippen LogP contribution is -2.51. The van der Waals surface area contributed by atoms with Crippen LogP contribution in [0.4, 0.5) is 0 Å². The second-order valence-corrected chi connectivity index (χ2v) is 8.23. The van der Waals surface area contributed by atoms with Gasteiger partial charge in [0.1, 0.15) is 5.75 Å². The van der Waals surface area contributed by atoms with Gasteiger partial charge in [-0.25, -0.2) is 0 Å². The summed E-state index contributed by atoms with van der Waals surface area (Å²) in [6.07, 6.45) is 3.39. The predicted molar refractivity (Wildman–Crippen MR) is 136 cm³/mol. The third kappa shape index (κ3) is 7.52. The highest BCUT2D eigenvalue weighted by atomic mass is 127. The van der Waals surface area contributed by atoms with Gasteiger partial charge in [-0.1, -0.05) is 18.6 Å². The van der Waals surface area contributed by atoms with Crippen LogP contribution < -0.4 is 10.1 Å². The van der Waals surface area contributed by atoms with Gasteiger partial charge in [-0.15, -0.1) is 24.0 Å². The van der Waals surface area contributed by atoms with E-state index in [1.165, 1.54) is 12.0 Å². The molecule has 1 aliphatic carbocycles. The van der Waals surface area contributed by atoms with E-state index < -0.39 is 0 Å². The van der Waals surface area contributed by atoms with Crippen molar-refractivity contribution in [3.63, 3.8) is 0 Å². The Bertz CT molecular complexity index is 700. The van der Waals surface area contributed by atoms with Crippen LogP contribution in [0.5, 0.6) is 5.75 Å². The summed E-state index contributed by atoms with van der Waals surface area (Å²) < 4.78 is 5.23. The van der Waals surface area contributed by atoms with Gasteiger partial charge in [-0.2, -0.15) is 0 Å². The summed E-state index contributed by atoms with van der Waals surface area (Å²) in [4.78, 5) is 23.9. The molecule has 0 spiro atoms. The van der Waals surface area contributed by atoms with Gasteiger partial charge in [0.2, 0.25) is 5.91 Å². The fraction of sp³-hybridized carbons (Fsp3) is 0.652. The molecule has 1 saturated carbocycles. The second-order valence-electron chi connectivity index (χ2n) is 8.23. The lowest BCUT2D eigenvalue weighted by atomic mass is 9.84. The van der Waals surface area contributed by atoms with Crippen LogP contribution in [0, 0.1) is 5.92 Å². The smallest absolute Gasteiger partial charge is 0.225 e. The van der Waals surface area contributed by atoms with Crippen LogP contribution in [0.15, 0.2) is 29.3 Å². The topological polar surface area (TPSA) is 60.4 Å². The zero-order valence-corrected chi connectivity index (χ0v) is 21.5. The number of piperazine rings is 1. The molecular formula is C23H38IN5O2. The van der Waals surface area contributed by atoms with E-state index in [2.05, 4.69) is 46.1 Å². The van der Waals surface area contributed by atoms with Crippen molar-refractivity contribution < 1.29 is 9.53 Å². The van der Waals surface area contributed by atoms with Crippen molar-refractivity contribution in [1.82, 2.24) is 20.0 Å². The van der Waals surface area contributed by atoms with Gasteiger partial charge in [-0.05, 0) is 37.5 Å². The van der Waals surface area contributed by atoms with E-state index in [4.69, 9.17) is 9.73 Å². The maximum absolute atomic E-state index is 12.4. The van der Waals surface area contributed by atoms with E-state index >= 15 is 0 Å². The summed E-state index contributed by atoms with van der Waals surface area (Å²) in [6, 6.07) is 8.15. The molecule has 0 radical (unpaired) electrons. The van der Waals surface area contributed by atoms with Crippen LogP contribution in [-0.2, 0) is 11.3 Å². The van der Waals surface area contributed by atoms with Crippen molar-refractivity contribution in [3.8, 4) is 5.75 Å². The molecule has 7 nitrogen and oxygen atoms in total. The van der Waals surface area contributed by atoms with Crippen LogP contribution in [0.1, 0.15) is 31.7 Å². The Morgan fingerprint density at radius 2 is 1.87 bits per heavy atom. The number of nitrogens with zero attached hydrogens (tertiary/aromatic N) is 4. The summed E-state index contributed by atoms with van der Waals surface area (Å²) in [5.41, 5.74) is 1.22. The highest BCUT2D eigenvalue weighted by Crippen LogP contribution is 2.28. The molecule has 1 N–H and O–H groups in total. The summed E-state index contributed by atoms with van der Waals surface area (Å²) in [6.45, 7) is 9.02. The number of carbonyl (C=O) groups excluding carboxylic acids is 1. The van der Waals surface area contributed by atoms with Gasteiger partial charge >= 0.3 is 0 Å². The Hall–Kier alpha value is -1.55. The number of nitrogens with one attached hydrogen (secondary N) is 1. The van der Waals surface area contributed by atoms with Crippen LogP contribution >= 0.6 is 24.0 Å². The third-order valence-corrected chi connectivity index (χ3v) is 6.09. The monoisotopic (exact) mass is 543 g/mol. The molecule has 1 saturated heterocycles. The largest absolute Gasteiger partial charge is 0.497 e. The summed E-state index contributed by atoms with van der Waals surface area (Å²) >= 11 is 0. The number of methoxy groups -OCH3 is 1. The van der Waals surface area contributed by atoms with Crippen molar-refractivity contribution in [2.24, 2.45) is 10.9 Å². The van der Waals surface area contributed by atoms with Crippen molar-refractivity contribution in [2.45, 2.75) is 32.7 Å². The molecule has 174 valence electrons. The Kier molecular flexibility index (Phi) is 10.9. The number of hydrogen-bond acceptors (Lipinski definition) is 4. The van der Waals surface area contributed by atoms with Crippen LogP contribution in [0.3, 0.4) is 0 Å². The molecule has 1 aromatic carbocycles. The molecule has 0 unspecified atom stereocenters. The number of halogens is 1. The Balaban J connectivity index is 0.00000341. The number of hydrogen-bond donors (Lipinski definition) is 1. The second kappa shape index (κ2) is 13.1. The molecular weight excluding hydrogens is 505 g/mol. The van der Waals surface area contributed by atoms with Crippen LogP contribution in [0.2, 0.25) is 0 Å². The lowest BCUT2D eigenvalue weighted by molar-refractivity contribution is -0.139. The molecule has 1 amide bonds. The summed E-state index contributed by atoms with van der Waals surface area (Å²) in [5.74, 6) is 2.49. The quantitative estimate of drug-likeness (QED) is 0.311. The summed E-state index contributed by atoms with van der Waals surface area (Å²) in [7, 11) is 3.75. The molecule has 3 rings (SSSR count). The third-order valence-electron chi connectivity index (χ3n) is 6.09. The van der Waals surface area contributed by atoms with Crippen molar-refractivity contribution >= 4 is 35.8 Å². The fourth-order valence-corrected chi connectivity index (χ4v) is 3.95. The van der Waals surface area contributed by atoms with Gasteiger partial charge < -0.3 is 19.9 Å². The van der Waals surface area contributed by atoms with Gasteiger partial charge in [-0.3, -0.25) is 14.7 Å². The van der Waals surface area contributed by atoms with E-state index in [0.29, 0.717) is 11.8 Å². The number of guanidine groups is 1. The molecule has 2 aliphatic rings. The molecule has 31 heavy (non-hydrogen) atoms. The number of ether oxygens (including phenoxy) is 1. The average Bonchev–Trinajstić information content (AvgIpc) is 2.73. The first-order valence-corrected chi connectivity index (χ1v) is 11.2. The van der Waals surface area contributed by atoms with Crippen molar-refractivity contribution in [2.75, 3.05) is 60.0 Å². The standard InChI is InChI=1S/C23H37N5O2.HI/c1-4-24-23(26(2)18-19-8-10-21(30-3)11-9-19)25-12-13-27-14-16-28(17-15-27)22(29)20-6-5-7-20;/h8-11,20H,4-7,12-18H2,1-3H3,(H,24,25);1H. The fourth-order valence-electron chi connectivity index (χ4n) is 3.95. The molecule has 8 heteroatoms. The minimum absolute atomic E-state index is 0. The number of carbonyl (C=O) groups is 1. The van der Waals surface area contributed by atoms with Gasteiger partial charge in [0.05, 0.1) is 13.7 Å². The predicted octanol–water partition coefficient (Wildman–Crippen LogP) is 2.65. The summed E-state index contributed by atoms with van der Waals surface area (Å²) in [5, 5.41) is 3.39. The molecule has 1 aromatic rings. The Morgan fingerprint density at radius 1 is 1.19 bits per heavy atom. The normalized spacial score (nSPS) is 17.5. The minimum Gasteiger partial charge on any atom is -0.497 e. The highest BCUT2D eigenvalue weighted by molar-refractivity contribution is 14.0. The SMILES string of the molecule is CCNC(=NCCN1CCN(C(=O)C2CCC2)CC1)N(C)Cc1ccc(OC)cc1.I. The van der Waals surface area contributed by atoms with E-state index in [1.54, 1.807) is 7.11 Å². The highest BCUT2D eigenvalue weighted by Gasteiger charge is 2.30. The lowest BCUT2D eigenvalue weighted by Gasteiger charge is -2.38. The van der Waals surface area contributed by atoms with Gasteiger partial charge in [0.25, 0.3) is 0 Å². The van der Waals surface area contributed by atoms with E-state index in [9.17, 15) is 4.79 Å². The minimum atomic E-state index is 0. The molecule has 2 fully saturated rings. The zero-order chi connectivity index (χ0) is 21.3. The Morgan fingerprint density at radius 3 is 2.42 bits per heavy atom. The van der Waals surface area contributed by atoms with Crippen LogP contribution in [-0.4, -0.2) is 86.5 Å². The van der Waals surface area contributed by atoms with Crippen molar-refractivity contribution in [3.05, 3.63) is 29.8 Å². The average molecular weight is 543 g/mol. The Labute approximate surface area is 204 Å².